The molecule has 0 N–H and O–H groups in total. The highest BCUT2D eigenvalue weighted by atomic mass is 32.2. The number of allylic oxidation sites excluding steroid dienone is 1. The van der Waals surface area contributed by atoms with Gasteiger partial charge >= 0.3 is 0 Å². The highest BCUT2D eigenvalue weighted by Gasteiger charge is 2.48. The van der Waals surface area contributed by atoms with Crippen molar-refractivity contribution in [1.82, 2.24) is 0 Å². The molecule has 3 aromatic rings. The molecule has 2 heterocycles. The predicted octanol–water partition coefficient (Wildman–Crippen LogP) is 6.03. The van der Waals surface area contributed by atoms with Crippen molar-refractivity contribution < 1.29 is 17.5 Å². The van der Waals surface area contributed by atoms with E-state index in [1.54, 1.807) is 12.1 Å². The third-order valence-electron chi connectivity index (χ3n) is 7.75. The molecule has 4 nitrogen and oxygen atoms in total. The fraction of sp³-hybridized carbons (Fsp3) is 0.333. The summed E-state index contributed by atoms with van der Waals surface area (Å²) in [4.78, 5) is -0.178. The second-order valence-electron chi connectivity index (χ2n) is 10.3. The van der Waals surface area contributed by atoms with Gasteiger partial charge in [0, 0.05) is 25.7 Å². The molecular formula is C30H35NO3S. The Morgan fingerprint density at radius 3 is 1.69 bits per heavy atom. The highest BCUT2D eigenvalue weighted by molar-refractivity contribution is 7.85. The lowest BCUT2D eigenvalue weighted by Crippen LogP contribution is -2.54. The minimum Gasteiger partial charge on any atom is -0.744 e. The quantitative estimate of drug-likeness (QED) is 0.332. The van der Waals surface area contributed by atoms with Gasteiger partial charge < -0.3 is 9.04 Å². The SMILES string of the molecule is C[N+]1(C)[C@@H]2CC[C@H]1CC(C=C(c1ccccc1)c1ccccc1)C2.Cc1ccc(S(=O)(=O)[O-])cc1. The van der Waals surface area contributed by atoms with Crippen LogP contribution < -0.4 is 0 Å². The van der Waals surface area contributed by atoms with Crippen molar-refractivity contribution in [3.63, 3.8) is 0 Å². The summed E-state index contributed by atoms with van der Waals surface area (Å²) >= 11 is 0. The summed E-state index contributed by atoms with van der Waals surface area (Å²) in [5.41, 5.74) is 5.02. The molecule has 0 amide bonds. The molecule has 0 aliphatic carbocycles. The summed E-state index contributed by atoms with van der Waals surface area (Å²) in [5, 5.41) is 0. The van der Waals surface area contributed by atoms with Crippen molar-refractivity contribution in [2.24, 2.45) is 5.92 Å². The summed E-state index contributed by atoms with van der Waals surface area (Å²) in [6, 6.07) is 29.3. The zero-order valence-corrected chi connectivity index (χ0v) is 21.6. The van der Waals surface area contributed by atoms with Gasteiger partial charge in [0.2, 0.25) is 0 Å². The summed E-state index contributed by atoms with van der Waals surface area (Å²) < 4.78 is 32.4. The molecule has 2 bridgehead atoms. The van der Waals surface area contributed by atoms with Crippen molar-refractivity contribution >= 4 is 15.7 Å². The van der Waals surface area contributed by atoms with Crippen LogP contribution in [0.1, 0.15) is 42.4 Å². The van der Waals surface area contributed by atoms with Gasteiger partial charge in [-0.3, -0.25) is 0 Å². The third-order valence-corrected chi connectivity index (χ3v) is 8.60. The zero-order valence-electron chi connectivity index (χ0n) is 20.8. The van der Waals surface area contributed by atoms with Crippen LogP contribution in [0.3, 0.4) is 0 Å². The number of hydrogen-bond donors (Lipinski definition) is 0. The van der Waals surface area contributed by atoms with Gasteiger partial charge in [-0.15, -0.1) is 0 Å². The summed E-state index contributed by atoms with van der Waals surface area (Å²) in [6.45, 7) is 1.82. The fourth-order valence-corrected chi connectivity index (χ4v) is 6.06. The van der Waals surface area contributed by atoms with Crippen LogP contribution in [0.5, 0.6) is 0 Å². The molecule has 3 aromatic carbocycles. The van der Waals surface area contributed by atoms with Crippen molar-refractivity contribution in [2.45, 2.75) is 49.6 Å². The maximum Gasteiger partial charge on any atom is 0.124 e. The van der Waals surface area contributed by atoms with Crippen LogP contribution in [-0.4, -0.2) is 43.6 Å². The number of nitrogens with zero attached hydrogens (tertiary/aromatic N) is 1. The largest absolute Gasteiger partial charge is 0.744 e. The minimum atomic E-state index is -4.27. The number of piperidine rings is 1. The fourth-order valence-electron chi connectivity index (χ4n) is 5.59. The van der Waals surface area contributed by atoms with Crippen LogP contribution >= 0.6 is 0 Å². The van der Waals surface area contributed by atoms with Crippen LogP contribution in [0.25, 0.3) is 5.57 Å². The normalized spacial score (nSPS) is 22.6. The molecule has 2 saturated heterocycles. The van der Waals surface area contributed by atoms with Gasteiger partial charge in [0.05, 0.1) is 31.1 Å². The second-order valence-corrected chi connectivity index (χ2v) is 11.7. The lowest BCUT2D eigenvalue weighted by Gasteiger charge is -2.44. The monoisotopic (exact) mass is 489 g/mol. The van der Waals surface area contributed by atoms with E-state index in [1.807, 2.05) is 6.92 Å². The van der Waals surface area contributed by atoms with Crippen molar-refractivity contribution in [1.29, 1.82) is 0 Å². The molecule has 0 radical (unpaired) electrons. The number of fused-ring (bicyclic) bond motifs is 2. The molecule has 0 saturated carbocycles. The summed E-state index contributed by atoms with van der Waals surface area (Å²) in [6.07, 6.45) is 8.08. The van der Waals surface area contributed by atoms with Gasteiger partial charge in [-0.25, -0.2) is 8.42 Å². The molecule has 1 unspecified atom stereocenters. The number of benzene rings is 3. The molecule has 3 atom stereocenters. The van der Waals surface area contributed by atoms with E-state index in [4.69, 9.17) is 0 Å². The molecule has 2 fully saturated rings. The Bertz CT molecular complexity index is 1190. The number of rotatable bonds is 4. The predicted molar refractivity (Wildman–Crippen MR) is 141 cm³/mol. The first kappa shape index (κ1) is 25.4. The van der Waals surface area contributed by atoms with Crippen molar-refractivity contribution in [3.05, 3.63) is 108 Å². The van der Waals surface area contributed by atoms with Gasteiger partial charge in [0.1, 0.15) is 10.1 Å². The Morgan fingerprint density at radius 1 is 0.800 bits per heavy atom. The third kappa shape index (κ3) is 6.10. The Morgan fingerprint density at radius 2 is 1.26 bits per heavy atom. The van der Waals surface area contributed by atoms with E-state index in [9.17, 15) is 13.0 Å². The zero-order chi connectivity index (χ0) is 25.1. The van der Waals surface area contributed by atoms with Gasteiger partial charge in [0.15, 0.2) is 0 Å². The molecule has 5 rings (SSSR count). The smallest absolute Gasteiger partial charge is 0.124 e. The molecule has 184 valence electrons. The van der Waals surface area contributed by atoms with Crippen LogP contribution in [0.15, 0.2) is 95.9 Å². The molecule has 0 spiro atoms. The Hall–Kier alpha value is -2.73. The van der Waals surface area contributed by atoms with E-state index in [1.165, 1.54) is 59.0 Å². The average Bonchev–Trinajstić information content (AvgIpc) is 3.00. The van der Waals surface area contributed by atoms with Gasteiger partial charge in [-0.2, -0.15) is 0 Å². The Balaban J connectivity index is 0.000000221. The number of quaternary nitrogens is 1. The van der Waals surface area contributed by atoms with Crippen LogP contribution in [0.4, 0.5) is 0 Å². The number of aryl methyl sites for hydroxylation is 1. The molecule has 2 aliphatic rings. The maximum atomic E-state index is 10.4. The first-order chi connectivity index (χ1) is 16.6. The van der Waals surface area contributed by atoms with Crippen LogP contribution in [-0.2, 0) is 10.1 Å². The van der Waals surface area contributed by atoms with E-state index < -0.39 is 10.1 Å². The topological polar surface area (TPSA) is 57.2 Å². The van der Waals surface area contributed by atoms with Crippen LogP contribution in [0, 0.1) is 12.8 Å². The first-order valence-corrected chi connectivity index (χ1v) is 13.7. The summed E-state index contributed by atoms with van der Waals surface area (Å²) in [5.74, 6) is 0.712. The Labute approximate surface area is 210 Å². The van der Waals surface area contributed by atoms with Gasteiger partial charge in [0.25, 0.3) is 0 Å². The lowest BCUT2D eigenvalue weighted by atomic mass is 9.85. The van der Waals surface area contributed by atoms with E-state index in [0.29, 0.717) is 5.92 Å². The molecule has 2 aliphatic heterocycles. The van der Waals surface area contributed by atoms with Crippen molar-refractivity contribution in [2.75, 3.05) is 14.1 Å². The molecular weight excluding hydrogens is 454 g/mol. The highest BCUT2D eigenvalue weighted by Crippen LogP contribution is 2.43. The van der Waals surface area contributed by atoms with E-state index in [-0.39, 0.29) is 4.90 Å². The average molecular weight is 490 g/mol. The summed E-state index contributed by atoms with van der Waals surface area (Å²) in [7, 11) is 0.614. The van der Waals surface area contributed by atoms with Gasteiger partial charge in [-0.1, -0.05) is 84.4 Å². The van der Waals surface area contributed by atoms with Gasteiger partial charge in [-0.05, 0) is 41.7 Å². The van der Waals surface area contributed by atoms with E-state index in [0.717, 1.165) is 17.6 Å². The van der Waals surface area contributed by atoms with E-state index in [2.05, 4.69) is 80.8 Å². The number of hydrogen-bond acceptors (Lipinski definition) is 3. The molecule has 5 heteroatoms. The first-order valence-electron chi connectivity index (χ1n) is 12.3. The molecule has 0 aromatic heterocycles. The standard InChI is InChI=1S/C23H28N.C7H8O3S/c1-24(2)21-13-14-22(24)16-18(15-21)17-23(19-9-5-3-6-10-19)20-11-7-4-8-12-20;1-6-2-4-7(5-3-6)11(8,9)10/h3-12,17-18,21-22H,13-16H2,1-2H3;2-5H,1H3,(H,8,9,10)/q+1;/p-1/t18?,21-,22+;. The lowest BCUT2D eigenvalue weighted by molar-refractivity contribution is -0.931. The minimum absolute atomic E-state index is 0.178. The van der Waals surface area contributed by atoms with E-state index >= 15 is 0 Å². The molecule has 35 heavy (non-hydrogen) atoms. The maximum absolute atomic E-state index is 10.4. The Kier molecular flexibility index (Phi) is 7.60. The second kappa shape index (κ2) is 10.5. The van der Waals surface area contributed by atoms with Crippen molar-refractivity contribution in [3.8, 4) is 0 Å². The van der Waals surface area contributed by atoms with Crippen LogP contribution in [0.2, 0.25) is 0 Å².